The lowest BCUT2D eigenvalue weighted by atomic mass is 10.0. The molecule has 3 rings (SSSR count). The summed E-state index contributed by atoms with van der Waals surface area (Å²) >= 11 is 0. The van der Waals surface area contributed by atoms with Gasteiger partial charge in [-0.25, -0.2) is 4.39 Å². The van der Waals surface area contributed by atoms with E-state index in [4.69, 9.17) is 0 Å². The van der Waals surface area contributed by atoms with Crippen LogP contribution in [-0.4, -0.2) is 10.5 Å². The monoisotopic (exact) mass is 336 g/mol. The number of nitrogens with one attached hydrogen (secondary N) is 1. The minimum absolute atomic E-state index is 0.0867. The first-order chi connectivity index (χ1) is 12.0. The third-order valence-corrected chi connectivity index (χ3v) is 4.29. The molecule has 2 aromatic carbocycles. The highest BCUT2D eigenvalue weighted by Gasteiger charge is 2.18. The van der Waals surface area contributed by atoms with E-state index in [0.29, 0.717) is 17.7 Å². The molecule has 0 aliphatic carbocycles. The fourth-order valence-corrected chi connectivity index (χ4v) is 2.88. The summed E-state index contributed by atoms with van der Waals surface area (Å²) in [6, 6.07) is 16.4. The van der Waals surface area contributed by atoms with Gasteiger partial charge in [0.05, 0.1) is 12.5 Å². The van der Waals surface area contributed by atoms with Crippen molar-refractivity contribution in [3.8, 4) is 0 Å². The number of carbonyl (C=O) groups excluding carboxylic acids is 1. The molecule has 3 nitrogen and oxygen atoms in total. The van der Waals surface area contributed by atoms with Crippen molar-refractivity contribution in [3.05, 3.63) is 89.5 Å². The summed E-state index contributed by atoms with van der Waals surface area (Å²) in [4.78, 5) is 12.6. The van der Waals surface area contributed by atoms with Gasteiger partial charge < -0.3 is 9.88 Å². The molecule has 0 bridgehead atoms. The van der Waals surface area contributed by atoms with Gasteiger partial charge in [0.25, 0.3) is 0 Å². The molecule has 0 spiro atoms. The summed E-state index contributed by atoms with van der Waals surface area (Å²) in [5, 5.41) is 2.89. The summed E-state index contributed by atoms with van der Waals surface area (Å²) in [5.41, 5.74) is 3.61. The van der Waals surface area contributed by atoms with Gasteiger partial charge in [-0.2, -0.15) is 0 Å². The second kappa shape index (κ2) is 7.34. The number of aryl methyl sites for hydroxylation is 2. The van der Waals surface area contributed by atoms with Crippen molar-refractivity contribution < 1.29 is 9.18 Å². The van der Waals surface area contributed by atoms with E-state index in [1.165, 1.54) is 17.7 Å². The maximum absolute atomic E-state index is 13.2. The van der Waals surface area contributed by atoms with Gasteiger partial charge in [-0.1, -0.05) is 29.8 Å². The van der Waals surface area contributed by atoms with Crippen LogP contribution in [0.4, 0.5) is 10.1 Å². The van der Waals surface area contributed by atoms with Crippen LogP contribution in [-0.2, 0) is 4.79 Å². The van der Waals surface area contributed by atoms with E-state index < -0.39 is 0 Å². The van der Waals surface area contributed by atoms with Gasteiger partial charge in [-0.05, 0) is 55.3 Å². The summed E-state index contributed by atoms with van der Waals surface area (Å²) < 4.78 is 15.2. The van der Waals surface area contributed by atoms with Gasteiger partial charge in [-0.15, -0.1) is 0 Å². The fraction of sp³-hybridized carbons (Fsp3) is 0.190. The summed E-state index contributed by atoms with van der Waals surface area (Å²) in [6.07, 6.45) is 4.22. The van der Waals surface area contributed by atoms with E-state index in [9.17, 15) is 9.18 Å². The Balaban J connectivity index is 1.80. The standard InChI is InChI=1S/C21H21FN2O/c1-15-5-7-17(8-6-15)20(24-11-3-4-12-24)14-21(25)23-19-10-9-18(22)13-16(19)2/h3-13,20H,14H2,1-2H3,(H,23,25)/t20-/m1/s1. The lowest BCUT2D eigenvalue weighted by molar-refractivity contribution is -0.116. The normalized spacial score (nSPS) is 12.0. The molecule has 0 fully saturated rings. The zero-order chi connectivity index (χ0) is 17.8. The Morgan fingerprint density at radius 2 is 1.76 bits per heavy atom. The molecule has 0 saturated carbocycles. The van der Waals surface area contributed by atoms with Crippen molar-refractivity contribution in [1.29, 1.82) is 0 Å². The Kier molecular flexibility index (Phi) is 4.98. The van der Waals surface area contributed by atoms with Crippen LogP contribution in [0.25, 0.3) is 0 Å². The topological polar surface area (TPSA) is 34.0 Å². The Hall–Kier alpha value is -2.88. The van der Waals surface area contributed by atoms with E-state index in [1.807, 2.05) is 48.1 Å². The number of carbonyl (C=O) groups is 1. The molecule has 1 atom stereocenters. The van der Waals surface area contributed by atoms with Crippen molar-refractivity contribution in [1.82, 2.24) is 4.57 Å². The average Bonchev–Trinajstić information content (AvgIpc) is 3.10. The molecule has 0 unspecified atom stereocenters. The molecule has 3 aromatic rings. The molecule has 1 aromatic heterocycles. The SMILES string of the molecule is Cc1ccc([C@@H](CC(=O)Nc2ccc(F)cc2C)n2cccc2)cc1. The van der Waals surface area contributed by atoms with Crippen LogP contribution in [0.1, 0.15) is 29.2 Å². The molecule has 4 heteroatoms. The Morgan fingerprint density at radius 1 is 1.08 bits per heavy atom. The summed E-state index contributed by atoms with van der Waals surface area (Å²) in [7, 11) is 0. The lowest BCUT2D eigenvalue weighted by Crippen LogP contribution is -2.20. The van der Waals surface area contributed by atoms with Crippen LogP contribution in [0, 0.1) is 19.7 Å². The molecule has 0 aliphatic rings. The third-order valence-electron chi connectivity index (χ3n) is 4.29. The van der Waals surface area contributed by atoms with Crippen LogP contribution in [0.3, 0.4) is 0 Å². The zero-order valence-electron chi connectivity index (χ0n) is 14.4. The van der Waals surface area contributed by atoms with Crippen LogP contribution >= 0.6 is 0 Å². The van der Waals surface area contributed by atoms with Crippen molar-refractivity contribution in [2.45, 2.75) is 26.3 Å². The lowest BCUT2D eigenvalue weighted by Gasteiger charge is -2.20. The third kappa shape index (κ3) is 4.15. The van der Waals surface area contributed by atoms with Crippen molar-refractivity contribution in [2.24, 2.45) is 0 Å². The van der Waals surface area contributed by atoms with Gasteiger partial charge in [0.15, 0.2) is 0 Å². The van der Waals surface area contributed by atoms with E-state index >= 15 is 0 Å². The molecular weight excluding hydrogens is 315 g/mol. The van der Waals surface area contributed by atoms with Crippen molar-refractivity contribution in [3.63, 3.8) is 0 Å². The van der Waals surface area contributed by atoms with E-state index in [1.54, 1.807) is 13.0 Å². The number of rotatable bonds is 5. The van der Waals surface area contributed by atoms with Gasteiger partial charge in [0, 0.05) is 18.1 Å². The smallest absolute Gasteiger partial charge is 0.226 e. The summed E-state index contributed by atoms with van der Waals surface area (Å²) in [5.74, 6) is -0.408. The maximum atomic E-state index is 13.2. The Morgan fingerprint density at radius 3 is 2.40 bits per heavy atom. The Labute approximate surface area is 147 Å². The van der Waals surface area contributed by atoms with Crippen molar-refractivity contribution in [2.75, 3.05) is 5.32 Å². The molecule has 1 N–H and O–H groups in total. The van der Waals surface area contributed by atoms with Crippen LogP contribution in [0.2, 0.25) is 0 Å². The number of hydrogen-bond donors (Lipinski definition) is 1. The van der Waals surface area contributed by atoms with Crippen LogP contribution < -0.4 is 5.32 Å². The number of halogens is 1. The Bertz CT molecular complexity index is 854. The maximum Gasteiger partial charge on any atom is 0.226 e. The number of benzene rings is 2. The van der Waals surface area contributed by atoms with E-state index in [-0.39, 0.29) is 17.8 Å². The highest BCUT2D eigenvalue weighted by atomic mass is 19.1. The van der Waals surface area contributed by atoms with Crippen LogP contribution in [0.5, 0.6) is 0 Å². The second-order valence-electron chi connectivity index (χ2n) is 6.27. The molecule has 0 aliphatic heterocycles. The van der Waals surface area contributed by atoms with E-state index in [2.05, 4.69) is 17.4 Å². The van der Waals surface area contributed by atoms with Crippen LogP contribution in [0.15, 0.2) is 67.0 Å². The number of amides is 1. The molecule has 1 amide bonds. The van der Waals surface area contributed by atoms with Gasteiger partial charge in [0.2, 0.25) is 5.91 Å². The number of aromatic nitrogens is 1. The second-order valence-corrected chi connectivity index (χ2v) is 6.27. The minimum atomic E-state index is -0.305. The quantitative estimate of drug-likeness (QED) is 0.709. The average molecular weight is 336 g/mol. The molecule has 0 radical (unpaired) electrons. The van der Waals surface area contributed by atoms with Gasteiger partial charge in [-0.3, -0.25) is 4.79 Å². The number of hydrogen-bond acceptors (Lipinski definition) is 1. The predicted molar refractivity (Wildman–Crippen MR) is 98.1 cm³/mol. The fourth-order valence-electron chi connectivity index (χ4n) is 2.88. The molecule has 25 heavy (non-hydrogen) atoms. The molecule has 0 saturated heterocycles. The van der Waals surface area contributed by atoms with E-state index in [0.717, 1.165) is 5.56 Å². The largest absolute Gasteiger partial charge is 0.346 e. The van der Waals surface area contributed by atoms with Gasteiger partial charge >= 0.3 is 0 Å². The first-order valence-electron chi connectivity index (χ1n) is 8.28. The minimum Gasteiger partial charge on any atom is -0.346 e. The predicted octanol–water partition coefficient (Wildman–Crippen LogP) is 4.86. The number of anilines is 1. The zero-order valence-corrected chi connectivity index (χ0v) is 14.4. The highest BCUT2D eigenvalue weighted by molar-refractivity contribution is 5.92. The summed E-state index contributed by atoms with van der Waals surface area (Å²) in [6.45, 7) is 3.82. The van der Waals surface area contributed by atoms with Gasteiger partial charge in [0.1, 0.15) is 5.82 Å². The first kappa shape index (κ1) is 17.0. The molecular formula is C21H21FN2O. The first-order valence-corrected chi connectivity index (χ1v) is 8.28. The highest BCUT2D eigenvalue weighted by Crippen LogP contribution is 2.24. The van der Waals surface area contributed by atoms with Crippen molar-refractivity contribution >= 4 is 11.6 Å². The molecule has 1 heterocycles. The molecule has 128 valence electrons. The number of nitrogens with zero attached hydrogens (tertiary/aromatic N) is 1.